The molecular weight excluding hydrogens is 402 g/mol. The predicted octanol–water partition coefficient (Wildman–Crippen LogP) is 2.31. The van der Waals surface area contributed by atoms with E-state index in [1.165, 1.54) is 11.1 Å². The standard InChI is InChI=1S/C25H35N5O2/c1-3-26-25(28-12-11-27-24(31)21-10-6-7-20(2)17-21)29-18-22-8-4-5-9-23(22)19-30-13-15-32-16-14-30/h4-10,17H,3,11-16,18-19H2,1-2H3,(H,27,31)(H2,26,28,29). The molecule has 172 valence electrons. The Morgan fingerprint density at radius 3 is 2.50 bits per heavy atom. The summed E-state index contributed by atoms with van der Waals surface area (Å²) < 4.78 is 5.46. The number of guanidine groups is 1. The summed E-state index contributed by atoms with van der Waals surface area (Å²) in [6, 6.07) is 16.1. The van der Waals surface area contributed by atoms with Gasteiger partial charge >= 0.3 is 0 Å². The lowest BCUT2D eigenvalue weighted by Gasteiger charge is -2.27. The summed E-state index contributed by atoms with van der Waals surface area (Å²) in [5.41, 5.74) is 4.29. The quantitative estimate of drug-likeness (QED) is 0.319. The first-order valence-corrected chi connectivity index (χ1v) is 11.4. The molecule has 1 saturated heterocycles. The van der Waals surface area contributed by atoms with Crippen LogP contribution in [0.15, 0.2) is 53.5 Å². The van der Waals surface area contributed by atoms with Crippen molar-refractivity contribution < 1.29 is 9.53 Å². The maximum absolute atomic E-state index is 12.3. The Morgan fingerprint density at radius 1 is 1.00 bits per heavy atom. The van der Waals surface area contributed by atoms with Gasteiger partial charge < -0.3 is 20.7 Å². The van der Waals surface area contributed by atoms with Crippen molar-refractivity contribution in [1.82, 2.24) is 20.9 Å². The van der Waals surface area contributed by atoms with Gasteiger partial charge in [-0.25, -0.2) is 4.99 Å². The fourth-order valence-electron chi connectivity index (χ4n) is 3.62. The number of hydrogen-bond donors (Lipinski definition) is 3. The van der Waals surface area contributed by atoms with Gasteiger partial charge in [-0.05, 0) is 37.1 Å². The molecular formula is C25H35N5O2. The van der Waals surface area contributed by atoms with Gasteiger partial charge in [-0.2, -0.15) is 0 Å². The normalized spacial score (nSPS) is 14.8. The average molecular weight is 438 g/mol. The molecule has 0 aliphatic carbocycles. The molecule has 2 aromatic carbocycles. The number of carbonyl (C=O) groups excluding carboxylic acids is 1. The second kappa shape index (κ2) is 12.8. The summed E-state index contributed by atoms with van der Waals surface area (Å²) in [6.45, 7) is 11.0. The monoisotopic (exact) mass is 437 g/mol. The predicted molar refractivity (Wildman–Crippen MR) is 129 cm³/mol. The Morgan fingerprint density at radius 2 is 1.75 bits per heavy atom. The van der Waals surface area contributed by atoms with E-state index in [2.05, 4.69) is 45.1 Å². The number of aliphatic imine (C=N–C) groups is 1. The molecule has 0 aromatic heterocycles. The SMILES string of the molecule is CCNC(=NCc1ccccc1CN1CCOCC1)NCCNC(=O)c1cccc(C)c1. The van der Waals surface area contributed by atoms with E-state index in [1.807, 2.05) is 38.1 Å². The highest BCUT2D eigenvalue weighted by atomic mass is 16.5. The van der Waals surface area contributed by atoms with Crippen LogP contribution in [-0.2, 0) is 17.8 Å². The second-order valence-corrected chi connectivity index (χ2v) is 7.90. The van der Waals surface area contributed by atoms with E-state index in [9.17, 15) is 4.79 Å². The first kappa shape index (κ1) is 23.8. The van der Waals surface area contributed by atoms with Crippen molar-refractivity contribution in [2.75, 3.05) is 45.9 Å². The minimum atomic E-state index is -0.0607. The van der Waals surface area contributed by atoms with Crippen LogP contribution in [0.2, 0.25) is 0 Å². The molecule has 1 heterocycles. The number of morpholine rings is 1. The number of carbonyl (C=O) groups is 1. The van der Waals surface area contributed by atoms with E-state index in [0.717, 1.165) is 50.9 Å². The van der Waals surface area contributed by atoms with Gasteiger partial charge in [0.05, 0.1) is 19.8 Å². The Balaban J connectivity index is 1.51. The first-order valence-electron chi connectivity index (χ1n) is 11.4. The molecule has 0 unspecified atom stereocenters. The molecule has 0 bridgehead atoms. The topological polar surface area (TPSA) is 78.0 Å². The largest absolute Gasteiger partial charge is 0.379 e. The Bertz CT molecular complexity index is 893. The van der Waals surface area contributed by atoms with Crippen molar-refractivity contribution in [3.63, 3.8) is 0 Å². The molecule has 2 aromatic rings. The summed E-state index contributed by atoms with van der Waals surface area (Å²) in [5.74, 6) is 0.688. The fourth-order valence-corrected chi connectivity index (χ4v) is 3.62. The summed E-state index contributed by atoms with van der Waals surface area (Å²) in [6.07, 6.45) is 0. The third kappa shape index (κ3) is 7.66. The number of nitrogens with zero attached hydrogens (tertiary/aromatic N) is 2. The van der Waals surface area contributed by atoms with Gasteiger partial charge in [0.15, 0.2) is 5.96 Å². The number of nitrogens with one attached hydrogen (secondary N) is 3. The first-order chi connectivity index (χ1) is 15.7. The van der Waals surface area contributed by atoms with Crippen LogP contribution in [0.4, 0.5) is 0 Å². The van der Waals surface area contributed by atoms with Gasteiger partial charge in [0, 0.05) is 44.8 Å². The number of aryl methyl sites for hydroxylation is 1. The lowest BCUT2D eigenvalue weighted by Crippen LogP contribution is -2.41. The van der Waals surface area contributed by atoms with E-state index in [-0.39, 0.29) is 5.91 Å². The number of benzene rings is 2. The molecule has 1 aliphatic rings. The molecule has 0 radical (unpaired) electrons. The lowest BCUT2D eigenvalue weighted by atomic mass is 10.1. The van der Waals surface area contributed by atoms with Crippen LogP contribution in [-0.4, -0.2) is 62.7 Å². The van der Waals surface area contributed by atoms with Gasteiger partial charge in [0.1, 0.15) is 0 Å². The molecule has 7 nitrogen and oxygen atoms in total. The zero-order valence-electron chi connectivity index (χ0n) is 19.2. The van der Waals surface area contributed by atoms with Crippen molar-refractivity contribution in [2.45, 2.75) is 26.9 Å². The molecule has 0 atom stereocenters. The molecule has 1 aliphatic heterocycles. The molecule has 0 spiro atoms. The van der Waals surface area contributed by atoms with Crippen molar-refractivity contribution >= 4 is 11.9 Å². The molecule has 0 saturated carbocycles. The molecule has 1 fully saturated rings. The fraction of sp³-hybridized carbons (Fsp3) is 0.440. The van der Waals surface area contributed by atoms with Crippen molar-refractivity contribution in [2.24, 2.45) is 4.99 Å². The van der Waals surface area contributed by atoms with E-state index < -0.39 is 0 Å². The minimum absolute atomic E-state index is 0.0607. The van der Waals surface area contributed by atoms with Crippen LogP contribution >= 0.6 is 0 Å². The van der Waals surface area contributed by atoms with Gasteiger partial charge in [-0.1, -0.05) is 42.0 Å². The number of hydrogen-bond acceptors (Lipinski definition) is 4. The van der Waals surface area contributed by atoms with Crippen LogP contribution < -0.4 is 16.0 Å². The second-order valence-electron chi connectivity index (χ2n) is 7.90. The minimum Gasteiger partial charge on any atom is -0.379 e. The van der Waals surface area contributed by atoms with Crippen LogP contribution in [0.5, 0.6) is 0 Å². The number of ether oxygens (including phenoxy) is 1. The van der Waals surface area contributed by atoms with Gasteiger partial charge in [0.2, 0.25) is 0 Å². The third-order valence-corrected chi connectivity index (χ3v) is 5.35. The zero-order valence-corrected chi connectivity index (χ0v) is 19.2. The highest BCUT2D eigenvalue weighted by molar-refractivity contribution is 5.94. The summed E-state index contributed by atoms with van der Waals surface area (Å²) >= 11 is 0. The molecule has 7 heteroatoms. The van der Waals surface area contributed by atoms with Gasteiger partial charge in [-0.3, -0.25) is 9.69 Å². The van der Waals surface area contributed by atoms with E-state index in [0.29, 0.717) is 25.2 Å². The molecule has 32 heavy (non-hydrogen) atoms. The molecule has 3 N–H and O–H groups in total. The molecule has 1 amide bonds. The van der Waals surface area contributed by atoms with Crippen molar-refractivity contribution in [3.05, 3.63) is 70.8 Å². The number of rotatable bonds is 9. The summed E-state index contributed by atoms with van der Waals surface area (Å²) in [7, 11) is 0. The van der Waals surface area contributed by atoms with Crippen LogP contribution in [0.3, 0.4) is 0 Å². The maximum atomic E-state index is 12.3. The van der Waals surface area contributed by atoms with Gasteiger partial charge in [0.25, 0.3) is 5.91 Å². The number of amides is 1. The van der Waals surface area contributed by atoms with Gasteiger partial charge in [-0.15, -0.1) is 0 Å². The molecule has 3 rings (SSSR count). The highest BCUT2D eigenvalue weighted by Crippen LogP contribution is 2.14. The van der Waals surface area contributed by atoms with Crippen molar-refractivity contribution in [1.29, 1.82) is 0 Å². The Kier molecular flexibility index (Phi) is 9.53. The van der Waals surface area contributed by atoms with Crippen LogP contribution in [0.25, 0.3) is 0 Å². The highest BCUT2D eigenvalue weighted by Gasteiger charge is 2.12. The Labute approximate surface area is 191 Å². The Hall–Kier alpha value is -2.90. The van der Waals surface area contributed by atoms with Crippen molar-refractivity contribution in [3.8, 4) is 0 Å². The lowest BCUT2D eigenvalue weighted by molar-refractivity contribution is 0.0341. The van der Waals surface area contributed by atoms with E-state index >= 15 is 0 Å². The van der Waals surface area contributed by atoms with E-state index in [4.69, 9.17) is 9.73 Å². The van der Waals surface area contributed by atoms with E-state index in [1.54, 1.807) is 0 Å². The average Bonchev–Trinajstić information content (AvgIpc) is 2.81. The van der Waals surface area contributed by atoms with Crippen LogP contribution in [0.1, 0.15) is 34.0 Å². The zero-order chi connectivity index (χ0) is 22.6. The van der Waals surface area contributed by atoms with Crippen LogP contribution in [0, 0.1) is 6.92 Å². The maximum Gasteiger partial charge on any atom is 0.251 e. The smallest absolute Gasteiger partial charge is 0.251 e. The third-order valence-electron chi connectivity index (χ3n) is 5.35. The summed E-state index contributed by atoms with van der Waals surface area (Å²) in [5, 5.41) is 9.54. The summed E-state index contributed by atoms with van der Waals surface area (Å²) in [4.78, 5) is 19.5.